The van der Waals surface area contributed by atoms with Crippen molar-refractivity contribution in [1.29, 1.82) is 5.26 Å². The van der Waals surface area contributed by atoms with E-state index in [1.165, 1.54) is 19.3 Å². The van der Waals surface area contributed by atoms with Crippen molar-refractivity contribution in [3.63, 3.8) is 0 Å². The van der Waals surface area contributed by atoms with E-state index in [4.69, 9.17) is 5.26 Å². The standard InChI is InChI=1S/C23H29N3O2/c1-14(2)20(21(27)25-19-5-3-15(13-24)4-6-19)26-22(28)23-10-16-7-17(11-23)9-18(8-16)12-23/h3-6,14,16-18,20H,7-12H2,1-2H3,(H,25,27)(H,26,28). The molecular weight excluding hydrogens is 350 g/mol. The highest BCUT2D eigenvalue weighted by Gasteiger charge is 2.55. The lowest BCUT2D eigenvalue weighted by Gasteiger charge is -2.55. The molecule has 4 saturated carbocycles. The fraction of sp³-hybridized carbons (Fsp3) is 0.609. The zero-order valence-corrected chi connectivity index (χ0v) is 16.7. The Bertz CT molecular complexity index is 771. The second-order valence-corrected chi connectivity index (χ2v) is 9.57. The van der Waals surface area contributed by atoms with Gasteiger partial charge in [-0.15, -0.1) is 0 Å². The van der Waals surface area contributed by atoms with Gasteiger partial charge in [-0.25, -0.2) is 0 Å². The van der Waals surface area contributed by atoms with Crippen LogP contribution >= 0.6 is 0 Å². The van der Waals surface area contributed by atoms with Gasteiger partial charge in [0.05, 0.1) is 11.6 Å². The molecule has 4 aliphatic rings. The topological polar surface area (TPSA) is 82.0 Å². The first-order chi connectivity index (χ1) is 13.4. The lowest BCUT2D eigenvalue weighted by Crippen LogP contribution is -2.57. The molecule has 2 N–H and O–H groups in total. The minimum Gasteiger partial charge on any atom is -0.344 e. The van der Waals surface area contributed by atoms with E-state index in [1.807, 2.05) is 13.8 Å². The predicted octanol–water partition coefficient (Wildman–Crippen LogP) is 3.85. The number of benzene rings is 1. The van der Waals surface area contributed by atoms with Crippen LogP contribution in [-0.2, 0) is 9.59 Å². The Hall–Kier alpha value is -2.35. The van der Waals surface area contributed by atoms with Crippen molar-refractivity contribution in [3.8, 4) is 6.07 Å². The molecule has 0 radical (unpaired) electrons. The number of carbonyl (C=O) groups excluding carboxylic acids is 2. The number of amides is 2. The molecule has 28 heavy (non-hydrogen) atoms. The highest BCUT2D eigenvalue weighted by molar-refractivity contribution is 5.98. The van der Waals surface area contributed by atoms with Gasteiger partial charge in [0, 0.05) is 11.1 Å². The van der Waals surface area contributed by atoms with Crippen molar-refractivity contribution in [2.24, 2.45) is 29.1 Å². The van der Waals surface area contributed by atoms with Gasteiger partial charge < -0.3 is 10.6 Å². The molecule has 2 amide bonds. The zero-order valence-electron chi connectivity index (χ0n) is 16.7. The van der Waals surface area contributed by atoms with Gasteiger partial charge in [-0.05, 0) is 86.5 Å². The minimum atomic E-state index is -0.559. The number of nitrogens with one attached hydrogen (secondary N) is 2. The molecule has 1 aromatic rings. The third-order valence-electron chi connectivity index (χ3n) is 7.04. The van der Waals surface area contributed by atoms with E-state index in [0.717, 1.165) is 19.3 Å². The van der Waals surface area contributed by atoms with Gasteiger partial charge in [0.2, 0.25) is 11.8 Å². The fourth-order valence-electron chi connectivity index (χ4n) is 6.07. The van der Waals surface area contributed by atoms with Gasteiger partial charge in [-0.3, -0.25) is 9.59 Å². The van der Waals surface area contributed by atoms with Crippen molar-refractivity contribution >= 4 is 17.5 Å². The monoisotopic (exact) mass is 379 g/mol. The van der Waals surface area contributed by atoms with Crippen LogP contribution in [0.4, 0.5) is 5.69 Å². The highest BCUT2D eigenvalue weighted by Crippen LogP contribution is 2.60. The first-order valence-electron chi connectivity index (χ1n) is 10.5. The summed E-state index contributed by atoms with van der Waals surface area (Å²) in [5.41, 5.74) is 0.934. The Morgan fingerprint density at radius 2 is 1.57 bits per heavy atom. The number of hydrogen-bond acceptors (Lipinski definition) is 3. The molecular formula is C23H29N3O2. The molecule has 0 aromatic heterocycles. The third kappa shape index (κ3) is 3.53. The largest absolute Gasteiger partial charge is 0.344 e. The van der Waals surface area contributed by atoms with Crippen LogP contribution in [0.1, 0.15) is 57.9 Å². The Morgan fingerprint density at radius 3 is 2.04 bits per heavy atom. The smallest absolute Gasteiger partial charge is 0.247 e. The van der Waals surface area contributed by atoms with E-state index >= 15 is 0 Å². The molecule has 4 bridgehead atoms. The van der Waals surface area contributed by atoms with Crippen LogP contribution in [0.15, 0.2) is 24.3 Å². The molecule has 148 valence electrons. The maximum absolute atomic E-state index is 13.3. The van der Waals surface area contributed by atoms with Crippen LogP contribution in [-0.4, -0.2) is 17.9 Å². The molecule has 1 unspecified atom stereocenters. The van der Waals surface area contributed by atoms with Crippen LogP contribution in [0, 0.1) is 40.4 Å². The SMILES string of the molecule is CC(C)C(NC(=O)C12CC3CC(CC(C3)C1)C2)C(=O)Nc1ccc(C#N)cc1. The predicted molar refractivity (Wildman–Crippen MR) is 107 cm³/mol. The first kappa shape index (κ1) is 19.0. The van der Waals surface area contributed by atoms with Gasteiger partial charge in [-0.2, -0.15) is 5.26 Å². The number of hydrogen-bond donors (Lipinski definition) is 2. The summed E-state index contributed by atoms with van der Waals surface area (Å²) in [6.45, 7) is 3.92. The number of nitrogens with zero attached hydrogens (tertiary/aromatic N) is 1. The normalized spacial score (nSPS) is 31.3. The van der Waals surface area contributed by atoms with Crippen molar-refractivity contribution in [3.05, 3.63) is 29.8 Å². The summed E-state index contributed by atoms with van der Waals surface area (Å²) < 4.78 is 0. The lowest BCUT2D eigenvalue weighted by atomic mass is 9.49. The van der Waals surface area contributed by atoms with Crippen LogP contribution in [0.5, 0.6) is 0 Å². The Balaban J connectivity index is 1.45. The van der Waals surface area contributed by atoms with Crippen LogP contribution in [0.25, 0.3) is 0 Å². The van der Waals surface area contributed by atoms with Gasteiger partial charge in [-0.1, -0.05) is 13.8 Å². The summed E-state index contributed by atoms with van der Waals surface area (Å²) in [6, 6.07) is 8.29. The summed E-state index contributed by atoms with van der Waals surface area (Å²) in [4.78, 5) is 26.2. The van der Waals surface area contributed by atoms with E-state index < -0.39 is 6.04 Å². The highest BCUT2D eigenvalue weighted by atomic mass is 16.2. The van der Waals surface area contributed by atoms with Crippen LogP contribution in [0.3, 0.4) is 0 Å². The van der Waals surface area contributed by atoms with E-state index in [0.29, 0.717) is 29.0 Å². The van der Waals surface area contributed by atoms with E-state index in [9.17, 15) is 9.59 Å². The van der Waals surface area contributed by atoms with Crippen molar-refractivity contribution < 1.29 is 9.59 Å². The molecule has 0 heterocycles. The molecule has 1 aromatic carbocycles. The maximum Gasteiger partial charge on any atom is 0.247 e. The Morgan fingerprint density at radius 1 is 1.04 bits per heavy atom. The van der Waals surface area contributed by atoms with Crippen LogP contribution in [0.2, 0.25) is 0 Å². The molecule has 0 aliphatic heterocycles. The Kier molecular flexibility index (Phi) is 4.91. The van der Waals surface area contributed by atoms with Crippen molar-refractivity contribution in [1.82, 2.24) is 5.32 Å². The summed E-state index contributed by atoms with van der Waals surface area (Å²) in [6.07, 6.45) is 6.85. The van der Waals surface area contributed by atoms with Gasteiger partial charge in [0.1, 0.15) is 6.04 Å². The minimum absolute atomic E-state index is 0.00348. The lowest BCUT2D eigenvalue weighted by molar-refractivity contribution is -0.148. The number of nitriles is 1. The molecule has 0 saturated heterocycles. The molecule has 5 heteroatoms. The van der Waals surface area contributed by atoms with Crippen molar-refractivity contribution in [2.45, 2.75) is 58.4 Å². The second-order valence-electron chi connectivity index (χ2n) is 9.57. The molecule has 4 fully saturated rings. The summed E-state index contributed by atoms with van der Waals surface area (Å²) >= 11 is 0. The summed E-state index contributed by atoms with van der Waals surface area (Å²) in [5.74, 6) is 1.97. The Labute approximate surface area is 166 Å². The molecule has 5 rings (SSSR count). The first-order valence-corrected chi connectivity index (χ1v) is 10.5. The zero-order chi connectivity index (χ0) is 19.9. The van der Waals surface area contributed by atoms with Crippen LogP contribution < -0.4 is 10.6 Å². The van der Waals surface area contributed by atoms with Crippen molar-refractivity contribution in [2.75, 3.05) is 5.32 Å². The molecule has 4 aliphatic carbocycles. The number of anilines is 1. The number of carbonyl (C=O) groups is 2. The van der Waals surface area contributed by atoms with Gasteiger partial charge in [0.15, 0.2) is 0 Å². The second kappa shape index (κ2) is 7.24. The molecule has 5 nitrogen and oxygen atoms in total. The third-order valence-corrected chi connectivity index (χ3v) is 7.04. The average Bonchev–Trinajstić information content (AvgIpc) is 2.65. The average molecular weight is 380 g/mol. The maximum atomic E-state index is 13.3. The molecule has 0 spiro atoms. The fourth-order valence-corrected chi connectivity index (χ4v) is 6.07. The van der Waals surface area contributed by atoms with E-state index in [2.05, 4.69) is 16.7 Å². The van der Waals surface area contributed by atoms with E-state index in [1.54, 1.807) is 24.3 Å². The van der Waals surface area contributed by atoms with Gasteiger partial charge in [0.25, 0.3) is 0 Å². The molecule has 1 atom stereocenters. The summed E-state index contributed by atoms with van der Waals surface area (Å²) in [7, 11) is 0. The van der Waals surface area contributed by atoms with E-state index in [-0.39, 0.29) is 23.1 Å². The summed E-state index contributed by atoms with van der Waals surface area (Å²) in [5, 5.41) is 14.9. The van der Waals surface area contributed by atoms with Gasteiger partial charge >= 0.3 is 0 Å². The quantitative estimate of drug-likeness (QED) is 0.815. The number of rotatable bonds is 5.